The summed E-state index contributed by atoms with van der Waals surface area (Å²) in [6, 6.07) is 0. The summed E-state index contributed by atoms with van der Waals surface area (Å²) in [5.41, 5.74) is 0. The van der Waals surface area contributed by atoms with Crippen LogP contribution in [0.5, 0.6) is 0 Å². The van der Waals surface area contributed by atoms with Gasteiger partial charge in [-0.05, 0) is 76.8 Å². The van der Waals surface area contributed by atoms with Crippen molar-refractivity contribution in [3.8, 4) is 0 Å². The van der Waals surface area contributed by atoms with Crippen LogP contribution in [0.25, 0.3) is 0 Å². The number of nitrogens with one attached hydrogen (secondary N) is 3. The number of carbonyl (C=O) groups is 5. The van der Waals surface area contributed by atoms with E-state index in [0.717, 1.165) is 64.5 Å². The van der Waals surface area contributed by atoms with Crippen LogP contribution >= 0.6 is 0 Å². The Morgan fingerprint density at radius 2 is 1.65 bits per heavy atom. The van der Waals surface area contributed by atoms with E-state index in [-0.39, 0.29) is 24.3 Å². The first-order valence-electron chi connectivity index (χ1n) is 14.8. The van der Waals surface area contributed by atoms with Crippen molar-refractivity contribution < 1.29 is 38.2 Å². The van der Waals surface area contributed by atoms with E-state index >= 15 is 0 Å². The third-order valence-corrected chi connectivity index (χ3v) is 7.81. The first kappa shape index (κ1) is 31.6. The molecule has 12 nitrogen and oxygen atoms in total. The van der Waals surface area contributed by atoms with Gasteiger partial charge in [0.1, 0.15) is 12.3 Å². The third kappa shape index (κ3) is 11.3. The molecule has 3 fully saturated rings. The summed E-state index contributed by atoms with van der Waals surface area (Å²) in [7, 11) is 0. The van der Waals surface area contributed by atoms with Crippen molar-refractivity contribution in [1.82, 2.24) is 20.9 Å². The molecule has 2 heterocycles. The molecule has 0 radical (unpaired) electrons. The predicted octanol–water partition coefficient (Wildman–Crippen LogP) is 2.35. The molecule has 2 saturated heterocycles. The zero-order valence-electron chi connectivity index (χ0n) is 23.9. The fourth-order valence-corrected chi connectivity index (χ4v) is 5.65. The highest BCUT2D eigenvalue weighted by molar-refractivity contribution is 5.83. The number of hydrogen-bond acceptors (Lipinski definition) is 9. The first-order valence-corrected chi connectivity index (χ1v) is 14.8. The van der Waals surface area contributed by atoms with Crippen LogP contribution in [0.4, 0.5) is 4.79 Å². The van der Waals surface area contributed by atoms with Crippen molar-refractivity contribution in [2.75, 3.05) is 26.2 Å². The quantitative estimate of drug-likeness (QED) is 0.253. The molecule has 3 aliphatic rings. The molecule has 3 atom stereocenters. The van der Waals surface area contributed by atoms with Crippen LogP contribution in [0.1, 0.15) is 90.9 Å². The number of ether oxygens (including phenoxy) is 3. The molecule has 1 saturated carbocycles. The van der Waals surface area contributed by atoms with Crippen LogP contribution in [0, 0.1) is 11.8 Å². The molecule has 12 heteroatoms. The van der Waals surface area contributed by atoms with E-state index in [4.69, 9.17) is 14.2 Å². The standard InChI is InChI=1S/C28H46N4O8/c1-19(33)30-24(17-26(35)38-20(2)39-28(37)40-23-8-4-3-5-9-23)31-27(36)22-7-6-16-32(18-22)25(34)11-10-21-12-14-29-15-13-21/h20-24,29H,3-18H2,1-2H3,(H,30,33)(H,31,36)/t20?,22-,24+/m1/s1. The van der Waals surface area contributed by atoms with E-state index in [1.165, 1.54) is 13.8 Å². The number of piperidine rings is 2. The SMILES string of the molecule is CC(=O)N[C@H](CC(=O)OC(C)OC(=O)OC1CCCCC1)NC(=O)[C@@H]1CCCN(C(=O)CCC2CCNCC2)C1. The minimum atomic E-state index is -1.19. The van der Waals surface area contributed by atoms with E-state index in [1.54, 1.807) is 4.90 Å². The van der Waals surface area contributed by atoms with Crippen LogP contribution < -0.4 is 16.0 Å². The molecule has 0 bridgehead atoms. The molecular formula is C28H46N4O8. The van der Waals surface area contributed by atoms with E-state index in [9.17, 15) is 24.0 Å². The molecule has 226 valence electrons. The fourth-order valence-electron chi connectivity index (χ4n) is 5.65. The lowest BCUT2D eigenvalue weighted by atomic mass is 9.92. The van der Waals surface area contributed by atoms with Gasteiger partial charge >= 0.3 is 12.1 Å². The summed E-state index contributed by atoms with van der Waals surface area (Å²) >= 11 is 0. The molecule has 1 aliphatic carbocycles. The molecular weight excluding hydrogens is 520 g/mol. The second-order valence-electron chi connectivity index (χ2n) is 11.2. The lowest BCUT2D eigenvalue weighted by Crippen LogP contribution is -2.53. The number of esters is 1. The lowest BCUT2D eigenvalue weighted by Gasteiger charge is -2.33. The fraction of sp³-hybridized carbons (Fsp3) is 0.821. The Morgan fingerprint density at radius 3 is 2.35 bits per heavy atom. The highest BCUT2D eigenvalue weighted by atomic mass is 16.8. The molecule has 1 unspecified atom stereocenters. The summed E-state index contributed by atoms with van der Waals surface area (Å²) < 4.78 is 15.5. The molecule has 0 spiro atoms. The molecule has 40 heavy (non-hydrogen) atoms. The largest absolute Gasteiger partial charge is 0.511 e. The molecule has 0 aromatic heterocycles. The zero-order chi connectivity index (χ0) is 28.9. The minimum absolute atomic E-state index is 0.0639. The summed E-state index contributed by atoms with van der Waals surface area (Å²) in [4.78, 5) is 63.9. The Hall–Kier alpha value is -2.89. The maximum atomic E-state index is 13.1. The van der Waals surface area contributed by atoms with Gasteiger partial charge in [-0.2, -0.15) is 0 Å². The van der Waals surface area contributed by atoms with Crippen LogP contribution in [0.3, 0.4) is 0 Å². The van der Waals surface area contributed by atoms with Crippen molar-refractivity contribution in [2.24, 2.45) is 11.8 Å². The molecule has 0 aromatic rings. The zero-order valence-corrected chi connectivity index (χ0v) is 23.9. The van der Waals surface area contributed by atoms with Crippen molar-refractivity contribution in [3.05, 3.63) is 0 Å². The van der Waals surface area contributed by atoms with Crippen LogP contribution in [-0.4, -0.2) is 79.5 Å². The van der Waals surface area contributed by atoms with E-state index in [1.807, 2.05) is 0 Å². The summed E-state index contributed by atoms with van der Waals surface area (Å²) in [6.07, 6.45) is 5.84. The topological polar surface area (TPSA) is 152 Å². The number of nitrogens with zero attached hydrogens (tertiary/aromatic N) is 1. The highest BCUT2D eigenvalue weighted by Crippen LogP contribution is 2.22. The van der Waals surface area contributed by atoms with E-state index < -0.39 is 36.4 Å². The lowest BCUT2D eigenvalue weighted by molar-refractivity contribution is -0.169. The van der Waals surface area contributed by atoms with Crippen molar-refractivity contribution >= 4 is 29.8 Å². The van der Waals surface area contributed by atoms with Gasteiger partial charge in [0, 0.05) is 33.4 Å². The predicted molar refractivity (Wildman–Crippen MR) is 144 cm³/mol. The molecule has 2 aliphatic heterocycles. The Kier molecular flexibility index (Phi) is 13.0. The van der Waals surface area contributed by atoms with Gasteiger partial charge < -0.3 is 35.1 Å². The van der Waals surface area contributed by atoms with Crippen LogP contribution in [0.15, 0.2) is 0 Å². The van der Waals surface area contributed by atoms with Gasteiger partial charge in [0.2, 0.25) is 24.0 Å². The number of carbonyl (C=O) groups excluding carboxylic acids is 5. The number of amides is 3. The monoisotopic (exact) mass is 566 g/mol. The van der Waals surface area contributed by atoms with Gasteiger partial charge in [-0.3, -0.25) is 19.2 Å². The van der Waals surface area contributed by atoms with Gasteiger partial charge in [0.25, 0.3) is 0 Å². The van der Waals surface area contributed by atoms with Crippen LogP contribution in [0.2, 0.25) is 0 Å². The van der Waals surface area contributed by atoms with Gasteiger partial charge in [-0.25, -0.2) is 4.79 Å². The number of rotatable bonds is 11. The Balaban J connectivity index is 1.43. The average molecular weight is 567 g/mol. The van der Waals surface area contributed by atoms with Crippen LogP contribution in [-0.2, 0) is 33.4 Å². The van der Waals surface area contributed by atoms with Gasteiger partial charge in [0.05, 0.1) is 12.3 Å². The van der Waals surface area contributed by atoms with Gasteiger partial charge in [-0.1, -0.05) is 6.42 Å². The Morgan fingerprint density at radius 1 is 0.925 bits per heavy atom. The molecule has 3 amide bonds. The van der Waals surface area contributed by atoms with Crippen molar-refractivity contribution in [3.63, 3.8) is 0 Å². The second kappa shape index (κ2) is 16.4. The molecule has 3 rings (SSSR count). The maximum Gasteiger partial charge on any atom is 0.511 e. The smallest absolute Gasteiger partial charge is 0.431 e. The first-order chi connectivity index (χ1) is 19.2. The van der Waals surface area contributed by atoms with Gasteiger partial charge in [-0.15, -0.1) is 0 Å². The summed E-state index contributed by atoms with van der Waals surface area (Å²) in [5.74, 6) is -1.37. The number of likely N-dealkylation sites (tertiary alicyclic amines) is 1. The highest BCUT2D eigenvalue weighted by Gasteiger charge is 2.31. The summed E-state index contributed by atoms with van der Waals surface area (Å²) in [6.45, 7) is 5.59. The normalized spacial score (nSPS) is 21.9. The van der Waals surface area contributed by atoms with Gasteiger partial charge in [0.15, 0.2) is 0 Å². The third-order valence-electron chi connectivity index (χ3n) is 7.81. The molecule has 3 N–H and O–H groups in total. The van der Waals surface area contributed by atoms with E-state index in [0.29, 0.717) is 38.3 Å². The number of hydrogen-bond donors (Lipinski definition) is 3. The minimum Gasteiger partial charge on any atom is -0.431 e. The van der Waals surface area contributed by atoms with E-state index in [2.05, 4.69) is 16.0 Å². The Bertz CT molecular complexity index is 872. The second-order valence-corrected chi connectivity index (χ2v) is 11.2. The maximum absolute atomic E-state index is 13.1. The average Bonchev–Trinajstić information content (AvgIpc) is 2.92. The van der Waals surface area contributed by atoms with Crippen molar-refractivity contribution in [1.29, 1.82) is 0 Å². The molecule has 0 aromatic carbocycles. The van der Waals surface area contributed by atoms with Crippen molar-refractivity contribution in [2.45, 2.75) is 109 Å². The Labute approximate surface area is 236 Å². The summed E-state index contributed by atoms with van der Waals surface area (Å²) in [5, 5.41) is 8.59.